The molecule has 1 aliphatic heterocycles. The maximum absolute atomic E-state index is 14.0. The van der Waals surface area contributed by atoms with Crippen LogP contribution in [0.2, 0.25) is 0 Å². The van der Waals surface area contributed by atoms with Crippen LogP contribution in [0.15, 0.2) is 78.9 Å². The van der Waals surface area contributed by atoms with Crippen LogP contribution in [-0.2, 0) is 48.0 Å². The van der Waals surface area contributed by atoms with E-state index in [9.17, 15) is 48.9 Å². The highest BCUT2D eigenvalue weighted by molar-refractivity contribution is 5.96. The summed E-state index contributed by atoms with van der Waals surface area (Å²) < 4.78 is 0. The summed E-state index contributed by atoms with van der Waals surface area (Å²) in [6, 6.07) is 14.6. The Morgan fingerprint density at radius 2 is 1.33 bits per heavy atom. The molecular weight excluding hydrogens is 787 g/mol. The summed E-state index contributed by atoms with van der Waals surface area (Å²) in [6.07, 6.45) is 1.59. The van der Waals surface area contributed by atoms with Gasteiger partial charge in [-0.1, -0.05) is 68.4 Å². The van der Waals surface area contributed by atoms with Gasteiger partial charge in [0.05, 0.1) is 6.54 Å². The van der Waals surface area contributed by atoms with E-state index in [4.69, 9.17) is 0 Å². The quantitative estimate of drug-likeness (QED) is 0.128. The summed E-state index contributed by atoms with van der Waals surface area (Å²) >= 11 is 0. The molecule has 7 amide bonds. The van der Waals surface area contributed by atoms with Crippen LogP contribution >= 0.6 is 0 Å². The molecule has 0 aromatic heterocycles. The van der Waals surface area contributed by atoms with E-state index < -0.39 is 84.2 Å². The van der Waals surface area contributed by atoms with Gasteiger partial charge in [-0.15, -0.1) is 0 Å². The van der Waals surface area contributed by atoms with Crippen molar-refractivity contribution in [2.24, 2.45) is 5.92 Å². The number of carboxylic acids is 1. The van der Waals surface area contributed by atoms with Crippen LogP contribution in [-0.4, -0.2) is 112 Å². The molecule has 5 atom stereocenters. The zero-order valence-electron chi connectivity index (χ0n) is 34.7. The van der Waals surface area contributed by atoms with Crippen molar-refractivity contribution in [1.29, 1.82) is 0 Å². The number of nitrogens with zero attached hydrogens (tertiary/aromatic N) is 1. The number of carbonyl (C=O) groups is 7. The minimum absolute atomic E-state index is 0.0199. The van der Waals surface area contributed by atoms with Crippen LogP contribution in [0.3, 0.4) is 0 Å². The standard InChI is InChI=1S/C44H57N7O10/c1-27(2)38-41(57)47-35(23-17-29-14-20-32(53)21-15-29)42(58)51(3)26-37(54)46-34(22-16-28-12-18-31(52)19-13-28)39(55)45-24-8-7-11-33(40(56)50-38)48-44(61)49-36(43(59)60)25-30-9-5-4-6-10-30/h4-6,9-10,12-15,18-21,27,33-36,38,52-53H,7-8,11,16-17,22-26H2,1-3H3,(H,45,55)(H,46,54)(H,47,57)(H,50,56)(H,59,60)(H2,48,49,61)/t33-,34+,35+,36+,38+/m1/s1. The van der Waals surface area contributed by atoms with Crippen LogP contribution in [0.5, 0.6) is 11.5 Å². The highest BCUT2D eigenvalue weighted by Gasteiger charge is 2.33. The Morgan fingerprint density at radius 1 is 0.738 bits per heavy atom. The Hall–Kier alpha value is -6.65. The van der Waals surface area contributed by atoms with Crippen molar-refractivity contribution >= 4 is 41.5 Å². The lowest BCUT2D eigenvalue weighted by atomic mass is 9.99. The first-order valence-corrected chi connectivity index (χ1v) is 20.4. The highest BCUT2D eigenvalue weighted by atomic mass is 16.4. The van der Waals surface area contributed by atoms with Gasteiger partial charge in [-0.2, -0.15) is 0 Å². The third-order valence-electron chi connectivity index (χ3n) is 10.3. The SMILES string of the molecule is CC(C)[C@@H]1NC(=O)[C@H](NC(=O)N[C@@H](Cc2ccccc2)C(=O)O)CCCCNC(=O)[C@H](CCc2ccc(O)cc2)NC(=O)CN(C)C(=O)[C@H](CCc2ccc(O)cc2)NC1=O. The Morgan fingerprint density at radius 3 is 1.90 bits per heavy atom. The Balaban J connectivity index is 1.60. The number of nitrogens with one attached hydrogen (secondary N) is 6. The lowest BCUT2D eigenvalue weighted by Gasteiger charge is -2.29. The van der Waals surface area contributed by atoms with Gasteiger partial charge in [-0.05, 0) is 91.8 Å². The molecule has 1 fully saturated rings. The number of aromatic hydroxyl groups is 2. The van der Waals surface area contributed by atoms with Gasteiger partial charge in [-0.3, -0.25) is 24.0 Å². The molecule has 4 rings (SSSR count). The molecule has 328 valence electrons. The Bertz CT molecular complexity index is 1960. The van der Waals surface area contributed by atoms with Crippen molar-refractivity contribution in [3.63, 3.8) is 0 Å². The summed E-state index contributed by atoms with van der Waals surface area (Å²) in [5, 5.41) is 45.4. The maximum atomic E-state index is 14.0. The average Bonchev–Trinajstić information content (AvgIpc) is 3.22. The number of rotatable bonds is 12. The van der Waals surface area contributed by atoms with Crippen molar-refractivity contribution in [3.05, 3.63) is 95.6 Å². The van der Waals surface area contributed by atoms with E-state index in [1.54, 1.807) is 68.4 Å². The first kappa shape index (κ1) is 47.0. The smallest absolute Gasteiger partial charge is 0.326 e. The van der Waals surface area contributed by atoms with Crippen LogP contribution in [0, 0.1) is 5.92 Å². The van der Waals surface area contributed by atoms with Gasteiger partial charge in [-0.25, -0.2) is 9.59 Å². The average molecular weight is 844 g/mol. The minimum Gasteiger partial charge on any atom is -0.508 e. The van der Waals surface area contributed by atoms with Gasteiger partial charge in [0.2, 0.25) is 29.5 Å². The monoisotopic (exact) mass is 843 g/mol. The third-order valence-corrected chi connectivity index (χ3v) is 10.3. The van der Waals surface area contributed by atoms with E-state index in [1.807, 2.05) is 0 Å². The van der Waals surface area contributed by atoms with E-state index in [-0.39, 0.29) is 50.1 Å². The number of hydrogen-bond donors (Lipinski definition) is 9. The van der Waals surface area contributed by atoms with E-state index >= 15 is 0 Å². The summed E-state index contributed by atoms with van der Waals surface area (Å²) in [7, 11) is 1.40. The summed E-state index contributed by atoms with van der Waals surface area (Å²) in [5.74, 6) is -4.78. The summed E-state index contributed by atoms with van der Waals surface area (Å²) in [6.45, 7) is 3.09. The van der Waals surface area contributed by atoms with Crippen LogP contribution in [0.1, 0.15) is 62.6 Å². The number of benzene rings is 3. The van der Waals surface area contributed by atoms with E-state index in [2.05, 4.69) is 31.9 Å². The van der Waals surface area contributed by atoms with Crippen molar-refractivity contribution in [3.8, 4) is 11.5 Å². The first-order chi connectivity index (χ1) is 29.1. The molecule has 9 N–H and O–H groups in total. The predicted molar refractivity (Wildman–Crippen MR) is 225 cm³/mol. The van der Waals surface area contributed by atoms with Gasteiger partial charge >= 0.3 is 12.0 Å². The second-order valence-electron chi connectivity index (χ2n) is 15.6. The van der Waals surface area contributed by atoms with Gasteiger partial charge in [0.15, 0.2) is 0 Å². The molecule has 0 saturated carbocycles. The molecule has 0 bridgehead atoms. The van der Waals surface area contributed by atoms with Crippen molar-refractivity contribution in [2.45, 2.75) is 95.4 Å². The van der Waals surface area contributed by atoms with E-state index in [0.29, 0.717) is 24.8 Å². The topological polar surface area (TPSA) is 256 Å². The number of urea groups is 1. The number of phenols is 2. The number of phenolic OH excluding ortho intramolecular Hbond substituents is 2. The fourth-order valence-electron chi connectivity index (χ4n) is 6.81. The molecule has 17 nitrogen and oxygen atoms in total. The summed E-state index contributed by atoms with van der Waals surface area (Å²) in [4.78, 5) is 95.5. The minimum atomic E-state index is -1.32. The number of amides is 7. The fraction of sp³-hybridized carbons (Fsp3) is 0.432. The molecule has 3 aromatic carbocycles. The maximum Gasteiger partial charge on any atom is 0.326 e. The van der Waals surface area contributed by atoms with Crippen molar-refractivity contribution in [1.82, 2.24) is 36.8 Å². The van der Waals surface area contributed by atoms with E-state index in [0.717, 1.165) is 16.0 Å². The molecule has 0 aliphatic carbocycles. The van der Waals surface area contributed by atoms with Gasteiger partial charge in [0.1, 0.15) is 41.7 Å². The molecule has 1 aliphatic rings. The second-order valence-corrected chi connectivity index (χ2v) is 15.6. The van der Waals surface area contributed by atoms with Gasteiger partial charge < -0.3 is 52.1 Å². The highest BCUT2D eigenvalue weighted by Crippen LogP contribution is 2.16. The normalized spacial score (nSPS) is 20.5. The number of likely N-dealkylation sites (N-methyl/N-ethyl adjacent to an activating group) is 1. The molecule has 0 spiro atoms. The number of carbonyl (C=O) groups excluding carboxylic acids is 6. The number of aliphatic carboxylic acids is 1. The molecule has 0 radical (unpaired) electrons. The molecule has 1 saturated heterocycles. The number of aryl methyl sites for hydroxylation is 2. The molecule has 1 heterocycles. The van der Waals surface area contributed by atoms with E-state index in [1.165, 1.54) is 31.3 Å². The van der Waals surface area contributed by atoms with Gasteiger partial charge in [0.25, 0.3) is 0 Å². The molecule has 0 unspecified atom stereocenters. The zero-order chi connectivity index (χ0) is 44.5. The molecule has 17 heteroatoms. The fourth-order valence-corrected chi connectivity index (χ4v) is 6.81. The Labute approximate surface area is 355 Å². The molecule has 3 aromatic rings. The predicted octanol–water partition coefficient (Wildman–Crippen LogP) is 1.90. The first-order valence-electron chi connectivity index (χ1n) is 20.4. The number of carboxylic acid groups (broad SMARTS) is 1. The third kappa shape index (κ3) is 15.5. The van der Waals surface area contributed by atoms with Crippen molar-refractivity contribution in [2.75, 3.05) is 20.1 Å². The second kappa shape index (κ2) is 23.2. The number of hydrogen-bond acceptors (Lipinski definition) is 9. The van der Waals surface area contributed by atoms with Crippen LogP contribution in [0.25, 0.3) is 0 Å². The largest absolute Gasteiger partial charge is 0.508 e. The van der Waals surface area contributed by atoms with Crippen LogP contribution < -0.4 is 31.9 Å². The van der Waals surface area contributed by atoms with Gasteiger partial charge in [0, 0.05) is 20.0 Å². The molecule has 61 heavy (non-hydrogen) atoms. The lowest BCUT2D eigenvalue weighted by Crippen LogP contribution is -2.59. The zero-order valence-corrected chi connectivity index (χ0v) is 34.7. The summed E-state index contributed by atoms with van der Waals surface area (Å²) in [5.41, 5.74) is 2.24. The molecular formula is C44H57N7O10. The lowest BCUT2D eigenvalue weighted by molar-refractivity contribution is -0.139. The van der Waals surface area contributed by atoms with Crippen molar-refractivity contribution < 1.29 is 48.9 Å². The van der Waals surface area contributed by atoms with Crippen LogP contribution in [0.4, 0.5) is 4.79 Å². The Kier molecular flexibility index (Phi) is 17.9.